The summed E-state index contributed by atoms with van der Waals surface area (Å²) >= 11 is 0. The average Bonchev–Trinajstić information content (AvgIpc) is 3.67. The standard InChI is InChI=1S/C18H15P.C12H8N4.Pt/c1-4-10-16(11-5-1)19(17-12-6-2-7-13-17)18-14-8-3-9-15-18;1-3-10(12-8-13-9-14-12)7-11(4-1)16-6-2-5-15-16;/h1-15H;1-6,8-9H;/q;-2;+2/p+1. The summed E-state index contributed by atoms with van der Waals surface area (Å²) in [5.41, 5.74) is 2.64. The van der Waals surface area contributed by atoms with Crippen molar-refractivity contribution in [2.75, 3.05) is 0 Å². The first-order valence-corrected chi connectivity index (χ1v) is 12.9. The van der Waals surface area contributed by atoms with E-state index in [9.17, 15) is 0 Å². The molecular formula is C30H24N4PPt+. The molecule has 6 rings (SSSR count). The molecule has 0 saturated carbocycles. The fourth-order valence-electron chi connectivity index (χ4n) is 3.84. The van der Waals surface area contributed by atoms with Crippen molar-refractivity contribution < 1.29 is 21.1 Å². The number of nitrogens with zero attached hydrogens (tertiary/aromatic N) is 4. The number of benzene rings is 4. The van der Waals surface area contributed by atoms with E-state index in [1.165, 1.54) is 22.2 Å². The predicted molar refractivity (Wildman–Crippen MR) is 145 cm³/mol. The molecule has 0 unspecified atom stereocenters. The van der Waals surface area contributed by atoms with Crippen LogP contribution in [0, 0.1) is 6.07 Å². The Hall–Kier alpha value is -3.58. The van der Waals surface area contributed by atoms with Crippen LogP contribution in [0.15, 0.2) is 140 Å². The van der Waals surface area contributed by atoms with Gasteiger partial charge in [-0.05, 0) is 48.2 Å². The third-order valence-electron chi connectivity index (χ3n) is 5.45. The van der Waals surface area contributed by atoms with Gasteiger partial charge in [-0.3, -0.25) is 4.68 Å². The summed E-state index contributed by atoms with van der Waals surface area (Å²) in [6, 6.07) is 43.5. The molecule has 0 atom stereocenters. The summed E-state index contributed by atoms with van der Waals surface area (Å²) in [5, 5.41) is 8.46. The Balaban J connectivity index is 0.000000167. The molecule has 0 fully saturated rings. The summed E-state index contributed by atoms with van der Waals surface area (Å²) < 4.78 is 1.76. The molecule has 178 valence electrons. The van der Waals surface area contributed by atoms with E-state index in [1.807, 2.05) is 30.5 Å². The average molecular weight is 667 g/mol. The zero-order valence-electron chi connectivity index (χ0n) is 19.4. The molecule has 2 aromatic heterocycles. The molecule has 0 aliphatic rings. The van der Waals surface area contributed by atoms with E-state index < -0.39 is 7.92 Å². The topological polar surface area (TPSA) is 44.8 Å². The van der Waals surface area contributed by atoms with Crippen molar-refractivity contribution in [1.29, 1.82) is 0 Å². The molecule has 6 heteroatoms. The maximum atomic E-state index is 4.16. The maximum Gasteiger partial charge on any atom is 2.00 e. The molecule has 6 aromatic rings. The molecule has 36 heavy (non-hydrogen) atoms. The van der Waals surface area contributed by atoms with Crippen LogP contribution in [0.2, 0.25) is 0 Å². The third-order valence-corrected chi connectivity index (χ3v) is 8.19. The van der Waals surface area contributed by atoms with E-state index in [0.29, 0.717) is 0 Å². The SMILES string of the molecule is [Pt+2].[c-]1c(-c2cnc[n-]2)cccc1-n1cccn1.c1ccc([PH+](c2ccccc2)c2ccccc2)cc1. The summed E-state index contributed by atoms with van der Waals surface area (Å²) in [7, 11) is -0.877. The first-order chi connectivity index (χ1) is 17.4. The van der Waals surface area contributed by atoms with E-state index in [4.69, 9.17) is 0 Å². The predicted octanol–water partition coefficient (Wildman–Crippen LogP) is 4.87. The van der Waals surface area contributed by atoms with Crippen molar-refractivity contribution in [3.63, 3.8) is 0 Å². The first-order valence-electron chi connectivity index (χ1n) is 11.4. The Bertz CT molecular complexity index is 1280. The fraction of sp³-hybridized carbons (Fsp3) is 0. The molecule has 4 aromatic carbocycles. The van der Waals surface area contributed by atoms with Crippen molar-refractivity contribution in [3.05, 3.63) is 146 Å². The Morgan fingerprint density at radius 1 is 0.667 bits per heavy atom. The van der Waals surface area contributed by atoms with Crippen LogP contribution < -0.4 is 20.9 Å². The minimum absolute atomic E-state index is 0. The minimum atomic E-state index is -0.877. The molecule has 0 spiro atoms. The summed E-state index contributed by atoms with van der Waals surface area (Å²) in [5.74, 6) is 0. The second kappa shape index (κ2) is 12.9. The van der Waals surface area contributed by atoms with E-state index in [1.54, 1.807) is 17.1 Å². The number of rotatable bonds is 5. The molecule has 0 saturated heterocycles. The normalized spacial score (nSPS) is 10.2. The van der Waals surface area contributed by atoms with Crippen LogP contribution in [0.1, 0.15) is 0 Å². The Morgan fingerprint density at radius 2 is 1.25 bits per heavy atom. The van der Waals surface area contributed by atoms with Crippen LogP contribution >= 0.6 is 7.92 Å². The fourth-order valence-corrected chi connectivity index (χ4v) is 6.41. The van der Waals surface area contributed by atoms with Crippen LogP contribution in [0.4, 0.5) is 0 Å². The second-order valence-electron chi connectivity index (χ2n) is 7.78. The van der Waals surface area contributed by atoms with Crippen molar-refractivity contribution in [1.82, 2.24) is 19.7 Å². The molecule has 0 aliphatic heterocycles. The minimum Gasteiger partial charge on any atom is -0.489 e. The van der Waals surface area contributed by atoms with Gasteiger partial charge in [0.15, 0.2) is 0 Å². The largest absolute Gasteiger partial charge is 2.00 e. The second-order valence-corrected chi connectivity index (χ2v) is 10.3. The molecular weight excluding hydrogens is 642 g/mol. The smallest absolute Gasteiger partial charge is 0.489 e. The third kappa shape index (κ3) is 6.34. The molecule has 0 aliphatic carbocycles. The van der Waals surface area contributed by atoms with Gasteiger partial charge in [0.05, 0.1) is 7.92 Å². The van der Waals surface area contributed by atoms with Crippen LogP contribution in [-0.2, 0) is 21.1 Å². The molecule has 4 nitrogen and oxygen atoms in total. The van der Waals surface area contributed by atoms with Crippen LogP contribution in [-0.4, -0.2) is 14.8 Å². The quantitative estimate of drug-likeness (QED) is 0.195. The Labute approximate surface area is 227 Å². The Kier molecular flexibility index (Phi) is 9.16. The summed E-state index contributed by atoms with van der Waals surface area (Å²) in [4.78, 5) is 8.07. The van der Waals surface area contributed by atoms with Crippen LogP contribution in [0.5, 0.6) is 0 Å². The molecule has 0 N–H and O–H groups in total. The van der Waals surface area contributed by atoms with E-state index in [0.717, 1.165) is 16.9 Å². The van der Waals surface area contributed by atoms with Crippen molar-refractivity contribution in [2.45, 2.75) is 0 Å². The number of aromatic nitrogens is 4. The molecule has 0 radical (unpaired) electrons. The van der Waals surface area contributed by atoms with Gasteiger partial charge < -0.3 is 9.97 Å². The zero-order chi connectivity index (χ0) is 23.7. The molecule has 0 bridgehead atoms. The summed E-state index contributed by atoms with van der Waals surface area (Å²) in [6.07, 6.45) is 6.87. The van der Waals surface area contributed by atoms with Crippen LogP contribution in [0.3, 0.4) is 0 Å². The zero-order valence-corrected chi connectivity index (χ0v) is 22.7. The van der Waals surface area contributed by atoms with E-state index >= 15 is 0 Å². The van der Waals surface area contributed by atoms with Crippen molar-refractivity contribution >= 4 is 23.8 Å². The molecule has 0 amide bonds. The summed E-state index contributed by atoms with van der Waals surface area (Å²) in [6.45, 7) is 0. The maximum absolute atomic E-state index is 4.16. The van der Waals surface area contributed by atoms with E-state index in [-0.39, 0.29) is 21.1 Å². The van der Waals surface area contributed by atoms with Gasteiger partial charge in [0.2, 0.25) is 0 Å². The molecule has 2 heterocycles. The van der Waals surface area contributed by atoms with Gasteiger partial charge in [-0.2, -0.15) is 5.10 Å². The van der Waals surface area contributed by atoms with Gasteiger partial charge in [-0.15, -0.1) is 48.0 Å². The van der Waals surface area contributed by atoms with Crippen molar-refractivity contribution in [2.24, 2.45) is 0 Å². The van der Waals surface area contributed by atoms with Gasteiger partial charge in [-0.25, -0.2) is 0 Å². The van der Waals surface area contributed by atoms with Gasteiger partial charge in [0.25, 0.3) is 0 Å². The number of hydrogen-bond acceptors (Lipinski definition) is 2. The van der Waals surface area contributed by atoms with Crippen LogP contribution in [0.25, 0.3) is 16.9 Å². The first kappa shape index (κ1) is 25.5. The monoisotopic (exact) mass is 666 g/mol. The van der Waals surface area contributed by atoms with Crippen molar-refractivity contribution in [3.8, 4) is 16.9 Å². The number of hydrogen-bond donors (Lipinski definition) is 0. The van der Waals surface area contributed by atoms with Gasteiger partial charge >= 0.3 is 21.1 Å². The van der Waals surface area contributed by atoms with Gasteiger partial charge in [-0.1, -0.05) is 54.6 Å². The van der Waals surface area contributed by atoms with E-state index in [2.05, 4.69) is 112 Å². The Morgan fingerprint density at radius 3 is 1.72 bits per heavy atom. The van der Waals surface area contributed by atoms with Gasteiger partial charge in [0.1, 0.15) is 15.9 Å². The van der Waals surface area contributed by atoms with Gasteiger partial charge in [0, 0.05) is 12.4 Å². The number of imidazole rings is 1.